The number of ether oxygens (including phenoxy) is 1. The maximum absolute atomic E-state index is 13.2. The number of benzene rings is 3. The minimum atomic E-state index is -0.657. The summed E-state index contributed by atoms with van der Waals surface area (Å²) < 4.78 is 4.83. The molecule has 5 rings (SSSR count). The molecule has 212 valence electrons. The Hall–Kier alpha value is -4.34. The summed E-state index contributed by atoms with van der Waals surface area (Å²) in [6.45, 7) is 4.20. The second-order valence-electron chi connectivity index (χ2n) is 10.5. The molecule has 0 spiro atoms. The number of esters is 1. The van der Waals surface area contributed by atoms with Crippen molar-refractivity contribution in [3.8, 4) is 0 Å². The minimum Gasteiger partial charge on any atom is -0.465 e. The molecule has 1 fully saturated rings. The second-order valence-corrected chi connectivity index (χ2v) is 10.5. The lowest BCUT2D eigenvalue weighted by molar-refractivity contribution is -0.119. The third-order valence-electron chi connectivity index (χ3n) is 7.68. The molecule has 3 aromatic carbocycles. The highest BCUT2D eigenvalue weighted by Crippen LogP contribution is 2.37. The van der Waals surface area contributed by atoms with E-state index >= 15 is 0 Å². The van der Waals surface area contributed by atoms with Gasteiger partial charge in [0.15, 0.2) is 0 Å². The van der Waals surface area contributed by atoms with Crippen LogP contribution in [0.4, 0.5) is 17.1 Å². The van der Waals surface area contributed by atoms with Crippen molar-refractivity contribution in [1.29, 1.82) is 0 Å². The summed E-state index contributed by atoms with van der Waals surface area (Å²) in [6, 6.07) is 22.1. The van der Waals surface area contributed by atoms with Gasteiger partial charge in [0.2, 0.25) is 11.8 Å². The van der Waals surface area contributed by atoms with Crippen molar-refractivity contribution >= 4 is 40.6 Å². The molecule has 9 heteroatoms. The Labute approximate surface area is 240 Å². The lowest BCUT2D eigenvalue weighted by atomic mass is 9.90. The van der Waals surface area contributed by atoms with E-state index in [2.05, 4.69) is 22.2 Å². The Morgan fingerprint density at radius 2 is 1.73 bits per heavy atom. The SMILES string of the molecule is COC(=O)c1ccc2c(c1)NC(=O)C2C(=Nc1ccc(N(C)C(=O)CN2CCCN(C)CC2)cc1)c1ccccc1. The van der Waals surface area contributed by atoms with Crippen molar-refractivity contribution in [2.75, 3.05) is 64.1 Å². The van der Waals surface area contributed by atoms with Gasteiger partial charge in [-0.1, -0.05) is 36.4 Å². The fraction of sp³-hybridized carbons (Fsp3) is 0.312. The molecule has 2 heterocycles. The van der Waals surface area contributed by atoms with E-state index in [1.165, 1.54) is 7.11 Å². The largest absolute Gasteiger partial charge is 0.465 e. The summed E-state index contributed by atoms with van der Waals surface area (Å²) >= 11 is 0. The summed E-state index contributed by atoms with van der Waals surface area (Å²) in [7, 11) is 5.23. The predicted molar refractivity (Wildman–Crippen MR) is 160 cm³/mol. The predicted octanol–water partition coefficient (Wildman–Crippen LogP) is 3.93. The first kappa shape index (κ1) is 28.2. The Bertz CT molecular complexity index is 1450. The van der Waals surface area contributed by atoms with Crippen LogP contribution in [-0.2, 0) is 14.3 Å². The molecule has 2 aliphatic rings. The molecule has 1 unspecified atom stereocenters. The number of rotatable bonds is 7. The molecule has 0 saturated carbocycles. The Kier molecular flexibility index (Phi) is 8.56. The summed E-state index contributed by atoms with van der Waals surface area (Å²) in [6.07, 6.45) is 1.06. The van der Waals surface area contributed by atoms with E-state index in [0.717, 1.165) is 49.4 Å². The van der Waals surface area contributed by atoms with Crippen LogP contribution < -0.4 is 10.2 Å². The first-order chi connectivity index (χ1) is 19.8. The van der Waals surface area contributed by atoms with Crippen LogP contribution in [0, 0.1) is 0 Å². The maximum Gasteiger partial charge on any atom is 0.337 e. The lowest BCUT2D eigenvalue weighted by Gasteiger charge is -2.24. The van der Waals surface area contributed by atoms with Crippen molar-refractivity contribution < 1.29 is 19.1 Å². The van der Waals surface area contributed by atoms with Gasteiger partial charge in [0.25, 0.3) is 0 Å². The van der Waals surface area contributed by atoms with E-state index in [9.17, 15) is 14.4 Å². The van der Waals surface area contributed by atoms with E-state index in [1.54, 1.807) is 30.1 Å². The van der Waals surface area contributed by atoms with E-state index in [1.807, 2.05) is 54.6 Å². The maximum atomic E-state index is 13.2. The summed E-state index contributed by atoms with van der Waals surface area (Å²) in [4.78, 5) is 49.4. The number of nitrogens with one attached hydrogen (secondary N) is 1. The molecule has 1 N–H and O–H groups in total. The minimum absolute atomic E-state index is 0.0429. The number of hydrogen-bond donors (Lipinski definition) is 1. The summed E-state index contributed by atoms with van der Waals surface area (Å²) in [5.41, 5.74) is 4.53. The molecule has 0 aromatic heterocycles. The van der Waals surface area contributed by atoms with Crippen LogP contribution in [0.3, 0.4) is 0 Å². The average Bonchev–Trinajstić information content (AvgIpc) is 3.18. The monoisotopic (exact) mass is 553 g/mol. The van der Waals surface area contributed by atoms with Crippen LogP contribution in [0.15, 0.2) is 77.8 Å². The molecule has 3 aromatic rings. The van der Waals surface area contributed by atoms with Crippen molar-refractivity contribution in [3.05, 3.63) is 89.5 Å². The molecule has 1 atom stereocenters. The van der Waals surface area contributed by atoms with Crippen LogP contribution in [0.25, 0.3) is 0 Å². The molecule has 2 amide bonds. The van der Waals surface area contributed by atoms with E-state index in [0.29, 0.717) is 29.2 Å². The fourth-order valence-corrected chi connectivity index (χ4v) is 5.27. The van der Waals surface area contributed by atoms with Gasteiger partial charge in [0.1, 0.15) is 5.92 Å². The average molecular weight is 554 g/mol. The van der Waals surface area contributed by atoms with Gasteiger partial charge in [0, 0.05) is 31.5 Å². The highest BCUT2D eigenvalue weighted by atomic mass is 16.5. The van der Waals surface area contributed by atoms with Gasteiger partial charge in [-0.05, 0) is 74.1 Å². The van der Waals surface area contributed by atoms with Gasteiger partial charge >= 0.3 is 5.97 Å². The van der Waals surface area contributed by atoms with E-state index in [4.69, 9.17) is 9.73 Å². The molecule has 41 heavy (non-hydrogen) atoms. The van der Waals surface area contributed by atoms with Crippen LogP contribution in [0.5, 0.6) is 0 Å². The van der Waals surface area contributed by atoms with Crippen LogP contribution in [-0.4, -0.2) is 87.2 Å². The van der Waals surface area contributed by atoms with Crippen molar-refractivity contribution in [3.63, 3.8) is 0 Å². The molecular weight excluding hydrogens is 518 g/mol. The molecule has 0 bridgehead atoms. The van der Waals surface area contributed by atoms with Gasteiger partial charge in [0.05, 0.1) is 30.6 Å². The molecule has 0 aliphatic carbocycles. The number of hydrogen-bond acceptors (Lipinski definition) is 7. The van der Waals surface area contributed by atoms with Crippen molar-refractivity contribution in [2.24, 2.45) is 4.99 Å². The highest BCUT2D eigenvalue weighted by molar-refractivity contribution is 6.24. The van der Waals surface area contributed by atoms with Gasteiger partial charge in [-0.15, -0.1) is 0 Å². The summed E-state index contributed by atoms with van der Waals surface area (Å²) in [5.74, 6) is -1.30. The van der Waals surface area contributed by atoms with Gasteiger partial charge < -0.3 is 19.9 Å². The second kappa shape index (κ2) is 12.4. The standard InChI is InChI=1S/C32H35N5O4/c1-35-16-7-17-37(19-18-35)21-28(38)36(2)25-13-11-24(12-14-25)33-30(22-8-5-4-6-9-22)29-26-15-10-23(32(40)41-3)20-27(26)34-31(29)39/h4-6,8-15,20,29H,7,16-19,21H2,1-3H3,(H,34,39). The Morgan fingerprint density at radius 3 is 2.46 bits per heavy atom. The first-order valence-corrected chi connectivity index (χ1v) is 13.8. The number of methoxy groups -OCH3 is 1. The van der Waals surface area contributed by atoms with Crippen LogP contribution >= 0.6 is 0 Å². The zero-order valence-corrected chi connectivity index (χ0v) is 23.7. The third-order valence-corrected chi connectivity index (χ3v) is 7.68. The van der Waals surface area contributed by atoms with Gasteiger partial charge in [-0.2, -0.15) is 0 Å². The first-order valence-electron chi connectivity index (χ1n) is 13.8. The fourth-order valence-electron chi connectivity index (χ4n) is 5.27. The number of carbonyl (C=O) groups excluding carboxylic acids is 3. The highest BCUT2D eigenvalue weighted by Gasteiger charge is 2.36. The van der Waals surface area contributed by atoms with Gasteiger partial charge in [-0.25, -0.2) is 4.79 Å². The normalized spacial score (nSPS) is 17.9. The number of aliphatic imine (C=N–C) groups is 1. The number of fused-ring (bicyclic) bond motifs is 1. The number of amides is 2. The van der Waals surface area contributed by atoms with Gasteiger partial charge in [-0.3, -0.25) is 19.5 Å². The van der Waals surface area contributed by atoms with Crippen molar-refractivity contribution in [1.82, 2.24) is 9.80 Å². The zero-order valence-electron chi connectivity index (χ0n) is 23.7. The molecule has 0 radical (unpaired) electrons. The lowest BCUT2D eigenvalue weighted by Crippen LogP contribution is -2.40. The van der Waals surface area contributed by atoms with Crippen LogP contribution in [0.1, 0.15) is 33.8 Å². The molecular formula is C32H35N5O4. The third kappa shape index (κ3) is 6.37. The molecule has 2 aliphatic heterocycles. The Balaban J connectivity index is 1.39. The molecule has 9 nitrogen and oxygen atoms in total. The number of anilines is 2. The number of nitrogens with zero attached hydrogens (tertiary/aromatic N) is 4. The van der Waals surface area contributed by atoms with E-state index < -0.39 is 11.9 Å². The van der Waals surface area contributed by atoms with Crippen molar-refractivity contribution in [2.45, 2.75) is 12.3 Å². The number of likely N-dealkylation sites (N-methyl/N-ethyl adjacent to an activating group) is 2. The van der Waals surface area contributed by atoms with Crippen LogP contribution in [0.2, 0.25) is 0 Å². The molecule has 1 saturated heterocycles. The topological polar surface area (TPSA) is 94.5 Å². The zero-order chi connectivity index (χ0) is 28.9. The Morgan fingerprint density at radius 1 is 0.976 bits per heavy atom. The smallest absolute Gasteiger partial charge is 0.337 e. The van der Waals surface area contributed by atoms with E-state index in [-0.39, 0.29) is 11.8 Å². The number of carbonyl (C=O) groups is 3. The quantitative estimate of drug-likeness (QED) is 0.352. The summed E-state index contributed by atoms with van der Waals surface area (Å²) in [5, 5.41) is 2.90.